The fourth-order valence-electron chi connectivity index (χ4n) is 3.09. The van der Waals surface area contributed by atoms with E-state index in [1.165, 1.54) is 7.11 Å². The number of likely N-dealkylation sites (tertiary alicyclic amines) is 1. The van der Waals surface area contributed by atoms with Crippen molar-refractivity contribution in [3.8, 4) is 0 Å². The van der Waals surface area contributed by atoms with E-state index in [4.69, 9.17) is 0 Å². The Morgan fingerprint density at radius 1 is 1.07 bits per heavy atom. The fourth-order valence-corrected chi connectivity index (χ4v) is 3.09. The number of aliphatic hydroxyl groups is 1. The lowest BCUT2D eigenvalue weighted by Gasteiger charge is -2.24. The molecule has 1 amide bonds. The van der Waals surface area contributed by atoms with Crippen molar-refractivity contribution in [1.82, 2.24) is 4.90 Å². The van der Waals surface area contributed by atoms with Crippen molar-refractivity contribution in [1.29, 1.82) is 0 Å². The van der Waals surface area contributed by atoms with Gasteiger partial charge in [0.05, 0.1) is 18.7 Å². The molecule has 1 saturated heterocycles. The number of aryl methyl sites for hydroxylation is 1. The third-order valence-electron chi connectivity index (χ3n) is 4.51. The van der Waals surface area contributed by atoms with Gasteiger partial charge in [-0.25, -0.2) is 0 Å². The molecule has 1 aliphatic rings. The van der Waals surface area contributed by atoms with E-state index in [0.29, 0.717) is 11.1 Å². The van der Waals surface area contributed by atoms with Crippen molar-refractivity contribution in [3.05, 3.63) is 76.9 Å². The first-order valence-electron chi connectivity index (χ1n) is 8.41. The summed E-state index contributed by atoms with van der Waals surface area (Å²) >= 11 is 0. The summed E-state index contributed by atoms with van der Waals surface area (Å²) in [7, 11) is 1.21. The lowest BCUT2D eigenvalue weighted by atomic mass is 9.95. The number of ketones is 1. The second kappa shape index (κ2) is 7.45. The Kier molecular flexibility index (Phi) is 5.07. The topological polar surface area (TPSA) is 83.9 Å². The van der Waals surface area contributed by atoms with E-state index in [0.717, 1.165) is 10.5 Å². The van der Waals surface area contributed by atoms with Crippen LogP contribution in [0.2, 0.25) is 0 Å². The number of hydrogen-bond donors (Lipinski definition) is 1. The lowest BCUT2D eigenvalue weighted by molar-refractivity contribution is -0.148. The van der Waals surface area contributed by atoms with E-state index in [1.807, 2.05) is 19.1 Å². The zero-order valence-electron chi connectivity index (χ0n) is 15.0. The Bertz CT molecular complexity index is 915. The van der Waals surface area contributed by atoms with Gasteiger partial charge in [-0.2, -0.15) is 0 Å². The SMILES string of the molecule is COC(=O)CN1C(=O)C(=O)/C(=C(\O)c2ccccc2)C1c1ccc(C)cc1. The van der Waals surface area contributed by atoms with Crippen LogP contribution in [0, 0.1) is 6.92 Å². The van der Waals surface area contributed by atoms with Crippen molar-refractivity contribution in [3.63, 3.8) is 0 Å². The zero-order chi connectivity index (χ0) is 19.6. The highest BCUT2D eigenvalue weighted by Crippen LogP contribution is 2.39. The van der Waals surface area contributed by atoms with E-state index in [2.05, 4.69) is 4.74 Å². The van der Waals surface area contributed by atoms with Gasteiger partial charge in [0.25, 0.3) is 11.7 Å². The monoisotopic (exact) mass is 365 g/mol. The fraction of sp³-hybridized carbons (Fsp3) is 0.190. The number of ether oxygens (including phenoxy) is 1. The minimum absolute atomic E-state index is 0.0426. The number of benzene rings is 2. The highest BCUT2D eigenvalue weighted by Gasteiger charge is 2.46. The number of carbonyl (C=O) groups excluding carboxylic acids is 3. The molecule has 0 aliphatic carbocycles. The number of methoxy groups -OCH3 is 1. The molecule has 0 saturated carbocycles. The highest BCUT2D eigenvalue weighted by atomic mass is 16.5. The second-order valence-corrected chi connectivity index (χ2v) is 6.28. The number of nitrogens with zero attached hydrogens (tertiary/aromatic N) is 1. The first-order valence-corrected chi connectivity index (χ1v) is 8.41. The van der Waals surface area contributed by atoms with Crippen molar-refractivity contribution in [2.45, 2.75) is 13.0 Å². The largest absolute Gasteiger partial charge is 0.507 e. The second-order valence-electron chi connectivity index (χ2n) is 6.28. The van der Waals surface area contributed by atoms with E-state index < -0.39 is 23.7 Å². The summed E-state index contributed by atoms with van der Waals surface area (Å²) in [5, 5.41) is 10.8. The molecule has 1 atom stereocenters. The van der Waals surface area contributed by atoms with Crippen molar-refractivity contribution < 1.29 is 24.2 Å². The molecule has 0 aromatic heterocycles. The van der Waals surface area contributed by atoms with Crippen molar-refractivity contribution in [2.75, 3.05) is 13.7 Å². The molecule has 3 rings (SSSR count). The molecule has 1 aliphatic heterocycles. The third kappa shape index (κ3) is 3.46. The van der Waals surface area contributed by atoms with Gasteiger partial charge in [0, 0.05) is 5.56 Å². The molecule has 6 heteroatoms. The molecular formula is C21H19NO5. The molecule has 0 radical (unpaired) electrons. The summed E-state index contributed by atoms with van der Waals surface area (Å²) in [5.74, 6) is -2.59. The third-order valence-corrected chi connectivity index (χ3v) is 4.51. The van der Waals surface area contributed by atoms with Crippen molar-refractivity contribution in [2.24, 2.45) is 0 Å². The normalized spacial score (nSPS) is 18.6. The summed E-state index contributed by atoms with van der Waals surface area (Å²) in [5.41, 5.74) is 2.01. The van der Waals surface area contributed by atoms with Gasteiger partial charge in [-0.3, -0.25) is 14.4 Å². The van der Waals surface area contributed by atoms with E-state index >= 15 is 0 Å². The predicted molar refractivity (Wildman–Crippen MR) is 98.6 cm³/mol. The predicted octanol–water partition coefficient (Wildman–Crippen LogP) is 2.59. The Morgan fingerprint density at radius 3 is 2.30 bits per heavy atom. The summed E-state index contributed by atoms with van der Waals surface area (Å²) < 4.78 is 4.66. The minimum Gasteiger partial charge on any atom is -0.507 e. The smallest absolute Gasteiger partial charge is 0.325 e. The van der Waals surface area contributed by atoms with Gasteiger partial charge in [-0.1, -0.05) is 60.2 Å². The number of carbonyl (C=O) groups is 3. The molecule has 1 heterocycles. The van der Waals surface area contributed by atoms with Crippen LogP contribution in [0.3, 0.4) is 0 Å². The van der Waals surface area contributed by atoms with E-state index in [-0.39, 0.29) is 17.9 Å². The van der Waals surface area contributed by atoms with Crippen LogP contribution in [0.1, 0.15) is 22.7 Å². The van der Waals surface area contributed by atoms with Crippen LogP contribution in [0.25, 0.3) is 5.76 Å². The zero-order valence-corrected chi connectivity index (χ0v) is 15.0. The minimum atomic E-state index is -0.870. The molecule has 2 aromatic carbocycles. The Labute approximate surface area is 156 Å². The number of rotatable bonds is 4. The summed E-state index contributed by atoms with van der Waals surface area (Å²) in [4.78, 5) is 38.2. The van der Waals surface area contributed by atoms with Gasteiger partial charge >= 0.3 is 5.97 Å². The van der Waals surface area contributed by atoms with Gasteiger partial charge in [-0.05, 0) is 12.5 Å². The average Bonchev–Trinajstić information content (AvgIpc) is 2.93. The quantitative estimate of drug-likeness (QED) is 0.390. The van der Waals surface area contributed by atoms with Gasteiger partial charge in [0.2, 0.25) is 0 Å². The Hall–Kier alpha value is -3.41. The van der Waals surface area contributed by atoms with Crippen LogP contribution in [0.5, 0.6) is 0 Å². The molecule has 27 heavy (non-hydrogen) atoms. The Balaban J connectivity index is 2.17. The Morgan fingerprint density at radius 2 is 1.70 bits per heavy atom. The molecule has 1 unspecified atom stereocenters. The van der Waals surface area contributed by atoms with Crippen LogP contribution in [-0.2, 0) is 19.1 Å². The van der Waals surface area contributed by atoms with E-state index in [9.17, 15) is 19.5 Å². The summed E-state index contributed by atoms with van der Waals surface area (Å²) in [6, 6.07) is 14.9. The van der Waals surface area contributed by atoms with Gasteiger partial charge < -0.3 is 14.7 Å². The molecule has 2 aromatic rings. The first-order chi connectivity index (χ1) is 12.9. The van der Waals surface area contributed by atoms with Crippen LogP contribution in [0.15, 0.2) is 60.2 Å². The number of aliphatic hydroxyl groups excluding tert-OH is 1. The van der Waals surface area contributed by atoms with Gasteiger partial charge in [-0.15, -0.1) is 0 Å². The molecular weight excluding hydrogens is 346 g/mol. The first kappa shape index (κ1) is 18.4. The highest BCUT2D eigenvalue weighted by molar-refractivity contribution is 6.46. The van der Waals surface area contributed by atoms with Crippen LogP contribution in [0.4, 0.5) is 0 Å². The van der Waals surface area contributed by atoms with Crippen LogP contribution in [-0.4, -0.2) is 41.3 Å². The van der Waals surface area contributed by atoms with Crippen LogP contribution >= 0.6 is 0 Å². The average molecular weight is 365 g/mol. The molecule has 138 valence electrons. The summed E-state index contributed by atoms with van der Waals surface area (Å²) in [6.07, 6.45) is 0. The van der Waals surface area contributed by atoms with Gasteiger partial charge in [0.15, 0.2) is 0 Å². The standard InChI is InChI=1S/C21H19NO5/c1-13-8-10-14(11-9-13)18-17(19(24)15-6-4-3-5-7-15)20(25)21(26)22(18)12-16(23)27-2/h3-11,18,24H,12H2,1-2H3/b19-17-. The maximum atomic E-state index is 12.7. The number of Topliss-reactive ketones (excluding diaryl/α,β-unsaturated/α-hetero) is 1. The maximum Gasteiger partial charge on any atom is 0.325 e. The maximum absolute atomic E-state index is 12.7. The molecule has 0 spiro atoms. The molecule has 1 N–H and O–H groups in total. The van der Waals surface area contributed by atoms with E-state index in [1.54, 1.807) is 42.5 Å². The van der Waals surface area contributed by atoms with Crippen molar-refractivity contribution >= 4 is 23.4 Å². The number of amides is 1. The number of hydrogen-bond acceptors (Lipinski definition) is 5. The molecule has 0 bridgehead atoms. The number of esters is 1. The van der Waals surface area contributed by atoms with Crippen LogP contribution < -0.4 is 0 Å². The van der Waals surface area contributed by atoms with Gasteiger partial charge in [0.1, 0.15) is 12.3 Å². The summed E-state index contributed by atoms with van der Waals surface area (Å²) in [6.45, 7) is 1.53. The lowest BCUT2D eigenvalue weighted by Crippen LogP contribution is -2.35. The molecule has 6 nitrogen and oxygen atoms in total. The molecule has 1 fully saturated rings.